The van der Waals surface area contributed by atoms with Crippen LogP contribution in [0.2, 0.25) is 0 Å². The molecule has 4 rings (SSSR count). The molecule has 0 aliphatic heterocycles. The minimum absolute atomic E-state index is 0. The quantitative estimate of drug-likeness (QED) is 0.130. The van der Waals surface area contributed by atoms with E-state index in [1.807, 2.05) is 29.0 Å². The minimum Gasteiger partial charge on any atom is -0.731 e. The Morgan fingerprint density at radius 2 is 1.88 bits per heavy atom. The zero-order valence-electron chi connectivity index (χ0n) is 17.9. The van der Waals surface area contributed by atoms with Crippen LogP contribution >= 0.6 is 0 Å². The third-order valence-corrected chi connectivity index (χ3v) is 5.12. The van der Waals surface area contributed by atoms with Crippen LogP contribution in [0.25, 0.3) is 22.6 Å². The summed E-state index contributed by atoms with van der Waals surface area (Å²) in [6.45, 7) is 0.226. The fourth-order valence-electron chi connectivity index (χ4n) is 3.21. The van der Waals surface area contributed by atoms with E-state index in [0.717, 1.165) is 0 Å². The van der Waals surface area contributed by atoms with Gasteiger partial charge in [-0.25, -0.2) is 18.0 Å². The topological polar surface area (TPSA) is 179 Å². The fourth-order valence-corrected chi connectivity index (χ4v) is 3.63. The minimum atomic E-state index is -4.66. The van der Waals surface area contributed by atoms with Crippen molar-refractivity contribution in [2.75, 3.05) is 16.6 Å². The van der Waals surface area contributed by atoms with E-state index in [-0.39, 0.29) is 59.7 Å². The molecule has 2 aromatic carbocycles. The zero-order valence-corrected chi connectivity index (χ0v) is 20.7. The largest absolute Gasteiger partial charge is 1.00 e. The van der Waals surface area contributed by atoms with Crippen molar-refractivity contribution in [1.29, 1.82) is 5.26 Å². The molecule has 0 unspecified atom stereocenters. The Morgan fingerprint density at radius 1 is 1.15 bits per heavy atom. The molecular formula is C20H16N7NaO5S. The average molecular weight is 489 g/mol. The molecule has 34 heavy (non-hydrogen) atoms. The third kappa shape index (κ3) is 5.79. The summed E-state index contributed by atoms with van der Waals surface area (Å²) < 4.78 is 40.8. The molecule has 4 aromatic rings. The van der Waals surface area contributed by atoms with Crippen molar-refractivity contribution in [3.63, 3.8) is 0 Å². The second-order valence-corrected chi connectivity index (χ2v) is 7.98. The molecule has 0 fully saturated rings. The maximum Gasteiger partial charge on any atom is 1.00 e. The molecule has 0 spiro atoms. The number of nitrogens with zero attached hydrogens (tertiary/aromatic N) is 5. The predicted octanol–water partition coefficient (Wildman–Crippen LogP) is -0.829. The van der Waals surface area contributed by atoms with Crippen molar-refractivity contribution in [3.05, 3.63) is 54.1 Å². The Hall–Kier alpha value is -3.28. The Morgan fingerprint density at radius 3 is 2.59 bits per heavy atom. The molecule has 0 saturated heterocycles. The van der Waals surface area contributed by atoms with Crippen LogP contribution in [0.5, 0.6) is 0 Å². The third-order valence-electron chi connectivity index (χ3n) is 4.64. The molecule has 0 aliphatic carbocycles. The summed E-state index contributed by atoms with van der Waals surface area (Å²) >= 11 is 0. The first kappa shape index (κ1) is 25.3. The van der Waals surface area contributed by atoms with Gasteiger partial charge in [0.05, 0.1) is 30.1 Å². The summed E-state index contributed by atoms with van der Waals surface area (Å²) in [7, 11) is -4.66. The number of carbonyl (C=O) groups excluding carboxylic acids is 1. The SMILES string of the molecule is N#CCCNc1nonc1-c1nc2ccccc2n1CC(=O)c1ccc(NS(=O)(=O)[O-])cc1.[Na+]. The summed E-state index contributed by atoms with van der Waals surface area (Å²) in [5.41, 5.74) is 1.96. The molecule has 2 aromatic heterocycles. The standard InChI is InChI=1S/C20H17N7O5S.Na/c21-10-3-11-22-19-18(24-32-25-19)20-23-15-4-1-2-5-16(15)27(20)12-17(28)13-6-8-14(9-7-13)26-33(29,30)31;/h1-2,4-9,26H,3,11-12H2,(H,22,25)(H,29,30,31);/q;+1/p-1. The molecule has 0 radical (unpaired) electrons. The summed E-state index contributed by atoms with van der Waals surface area (Å²) in [6.07, 6.45) is 0.250. The number of hydrogen-bond donors (Lipinski definition) is 2. The smallest absolute Gasteiger partial charge is 0.731 e. The maximum atomic E-state index is 13.0. The molecule has 0 saturated carbocycles. The van der Waals surface area contributed by atoms with Gasteiger partial charge in [-0.2, -0.15) is 5.26 Å². The van der Waals surface area contributed by atoms with Crippen LogP contribution in [-0.2, 0) is 16.8 Å². The van der Waals surface area contributed by atoms with Crippen molar-refractivity contribution in [2.24, 2.45) is 0 Å². The molecule has 2 N–H and O–H groups in total. The van der Waals surface area contributed by atoms with Crippen LogP contribution in [0.3, 0.4) is 0 Å². The van der Waals surface area contributed by atoms with Gasteiger partial charge >= 0.3 is 29.6 Å². The van der Waals surface area contributed by atoms with Gasteiger partial charge in [0.2, 0.25) is 5.82 Å². The first-order valence-corrected chi connectivity index (χ1v) is 11.0. The van der Waals surface area contributed by atoms with E-state index in [4.69, 9.17) is 9.89 Å². The van der Waals surface area contributed by atoms with E-state index >= 15 is 0 Å². The maximum absolute atomic E-state index is 13.0. The first-order chi connectivity index (χ1) is 15.9. The number of anilines is 2. The van der Waals surface area contributed by atoms with Gasteiger partial charge in [0.25, 0.3) is 0 Å². The zero-order chi connectivity index (χ0) is 23.4. The van der Waals surface area contributed by atoms with Crippen molar-refractivity contribution in [2.45, 2.75) is 13.0 Å². The van der Waals surface area contributed by atoms with Gasteiger partial charge in [-0.3, -0.25) is 9.52 Å². The van der Waals surface area contributed by atoms with Gasteiger partial charge in [-0.05, 0) is 46.7 Å². The number of Topliss-reactive ketones (excluding diaryl/α,β-unsaturated/α-hetero) is 1. The van der Waals surface area contributed by atoms with E-state index < -0.39 is 10.3 Å². The number of rotatable bonds is 9. The fraction of sp³-hybridized carbons (Fsp3) is 0.150. The van der Waals surface area contributed by atoms with Crippen LogP contribution in [0.15, 0.2) is 53.2 Å². The number of nitrogens with one attached hydrogen (secondary N) is 2. The number of para-hydroxylation sites is 2. The van der Waals surface area contributed by atoms with E-state index in [9.17, 15) is 17.8 Å². The number of aromatic nitrogens is 4. The van der Waals surface area contributed by atoms with Crippen molar-refractivity contribution in [1.82, 2.24) is 19.9 Å². The number of ketones is 1. The Labute approximate surface area is 216 Å². The van der Waals surface area contributed by atoms with Crippen LogP contribution in [-0.4, -0.2) is 45.2 Å². The van der Waals surface area contributed by atoms with Gasteiger partial charge in [-0.1, -0.05) is 12.1 Å². The average Bonchev–Trinajstić information content (AvgIpc) is 3.38. The van der Waals surface area contributed by atoms with Crippen molar-refractivity contribution >= 4 is 38.6 Å². The predicted molar refractivity (Wildman–Crippen MR) is 116 cm³/mol. The van der Waals surface area contributed by atoms with Crippen LogP contribution in [0, 0.1) is 11.3 Å². The Kier molecular flexibility index (Phi) is 8.02. The number of imidazole rings is 1. The molecule has 0 atom stereocenters. The molecular weight excluding hydrogens is 473 g/mol. The van der Waals surface area contributed by atoms with Gasteiger partial charge in [0.15, 0.2) is 27.6 Å². The summed E-state index contributed by atoms with van der Waals surface area (Å²) in [5.74, 6) is 0.357. The van der Waals surface area contributed by atoms with Gasteiger partial charge in [-0.15, -0.1) is 0 Å². The molecule has 14 heteroatoms. The molecule has 168 valence electrons. The van der Waals surface area contributed by atoms with Crippen molar-refractivity contribution < 1.29 is 52.0 Å². The normalized spacial score (nSPS) is 10.9. The van der Waals surface area contributed by atoms with Gasteiger partial charge < -0.3 is 14.4 Å². The second kappa shape index (κ2) is 10.8. The summed E-state index contributed by atoms with van der Waals surface area (Å²) in [5, 5.41) is 19.5. The van der Waals surface area contributed by atoms with E-state index in [1.54, 1.807) is 10.6 Å². The van der Waals surface area contributed by atoms with Gasteiger partial charge in [0.1, 0.15) is 0 Å². The molecule has 0 amide bonds. The van der Waals surface area contributed by atoms with Gasteiger partial charge in [0, 0.05) is 17.8 Å². The van der Waals surface area contributed by atoms with Crippen LogP contribution in [0.1, 0.15) is 16.8 Å². The number of nitriles is 1. The van der Waals surface area contributed by atoms with E-state index in [0.29, 0.717) is 34.8 Å². The molecule has 2 heterocycles. The number of carbonyl (C=O) groups is 1. The van der Waals surface area contributed by atoms with Crippen LogP contribution in [0.4, 0.5) is 11.5 Å². The Bertz CT molecular complexity index is 1460. The second-order valence-electron chi connectivity index (χ2n) is 6.86. The number of hydrogen-bond acceptors (Lipinski definition) is 10. The van der Waals surface area contributed by atoms with Crippen LogP contribution < -0.4 is 39.6 Å². The van der Waals surface area contributed by atoms with Crippen molar-refractivity contribution in [3.8, 4) is 17.6 Å². The first-order valence-electron chi connectivity index (χ1n) is 9.61. The Balaban J connectivity index is 0.00000324. The summed E-state index contributed by atoms with van der Waals surface area (Å²) in [6, 6.07) is 14.7. The molecule has 12 nitrogen and oxygen atoms in total. The number of fused-ring (bicyclic) bond motifs is 1. The molecule has 0 aliphatic rings. The van der Waals surface area contributed by atoms with E-state index in [2.05, 4.69) is 20.6 Å². The molecule has 0 bridgehead atoms. The summed E-state index contributed by atoms with van der Waals surface area (Å²) in [4.78, 5) is 17.6. The van der Waals surface area contributed by atoms with E-state index in [1.165, 1.54) is 24.3 Å². The number of benzene rings is 2. The monoisotopic (exact) mass is 489 g/mol.